The molecule has 0 bridgehead atoms. The molecule has 5 atom stereocenters. The van der Waals surface area contributed by atoms with Crippen molar-refractivity contribution in [1.29, 1.82) is 0 Å². The van der Waals surface area contributed by atoms with Crippen molar-refractivity contribution >= 4 is 28.2 Å². The highest BCUT2D eigenvalue weighted by Gasteiger charge is 2.50. The number of thiophene rings is 1. The predicted molar refractivity (Wildman–Crippen MR) is 153 cm³/mol. The van der Waals surface area contributed by atoms with Gasteiger partial charge in [0, 0.05) is 18.8 Å². The molecule has 4 heterocycles. The number of oxazole rings is 1. The van der Waals surface area contributed by atoms with E-state index >= 15 is 0 Å². The topological polar surface area (TPSA) is 135 Å². The summed E-state index contributed by atoms with van der Waals surface area (Å²) < 4.78 is 23.7. The molecule has 1 amide bonds. The van der Waals surface area contributed by atoms with Crippen LogP contribution < -0.4 is 9.64 Å². The highest BCUT2D eigenvalue weighted by Crippen LogP contribution is 2.48. The molecule has 42 heavy (non-hydrogen) atoms. The molecule has 0 spiro atoms. The van der Waals surface area contributed by atoms with Gasteiger partial charge in [-0.1, -0.05) is 18.2 Å². The first-order chi connectivity index (χ1) is 20.1. The zero-order valence-electron chi connectivity index (χ0n) is 24.0. The quantitative estimate of drug-likeness (QED) is 0.368. The van der Waals surface area contributed by atoms with Crippen LogP contribution in [0.1, 0.15) is 54.3 Å². The summed E-state index contributed by atoms with van der Waals surface area (Å²) in [7, 11) is 1.60. The van der Waals surface area contributed by atoms with Crippen molar-refractivity contribution in [3.63, 3.8) is 0 Å². The maximum absolute atomic E-state index is 13.9. The molecule has 12 heteroatoms. The standard InChI is InChI=1S/C30H35N3O8S/c1-16-23-26(34)33(30(2,3)28(35)36)29(37)32(27(23)42-24(16)25-31-9-10-40-25)13-22(20-7-5-6-8-21(20)38-4)41-19-11-17-14-39-15-18(17)12-19/h5-10,17-19,22,29,37H,11-15H2,1-4H3,(H,35,36)/t17-,18+,19+,22-,29?/m1/s1. The zero-order valence-corrected chi connectivity index (χ0v) is 24.8. The largest absolute Gasteiger partial charge is 0.496 e. The molecule has 1 unspecified atom stereocenters. The summed E-state index contributed by atoms with van der Waals surface area (Å²) in [4.78, 5) is 33.9. The van der Waals surface area contributed by atoms with Crippen molar-refractivity contribution < 1.29 is 38.4 Å². The minimum atomic E-state index is -1.71. The number of carbonyl (C=O) groups is 2. The highest BCUT2D eigenvalue weighted by molar-refractivity contribution is 7.20. The number of aliphatic hydroxyl groups excluding tert-OH is 1. The Kier molecular flexibility index (Phi) is 7.50. The van der Waals surface area contributed by atoms with Crippen LogP contribution in [-0.4, -0.2) is 76.8 Å². The molecule has 1 saturated carbocycles. The Labute approximate surface area is 247 Å². The molecule has 2 aromatic heterocycles. The van der Waals surface area contributed by atoms with Gasteiger partial charge in [-0.05, 0) is 57.1 Å². The Balaban J connectivity index is 1.44. The summed E-state index contributed by atoms with van der Waals surface area (Å²) in [5.41, 5.74) is -0.0135. The molecule has 2 N–H and O–H groups in total. The molecule has 6 rings (SSSR count). The molecule has 2 fully saturated rings. The molecular formula is C30H35N3O8S. The molecular weight excluding hydrogens is 562 g/mol. The number of benzene rings is 1. The van der Waals surface area contributed by atoms with Gasteiger partial charge in [-0.15, -0.1) is 11.3 Å². The molecule has 1 saturated heterocycles. The Morgan fingerprint density at radius 3 is 2.60 bits per heavy atom. The summed E-state index contributed by atoms with van der Waals surface area (Å²) in [6.07, 6.45) is 2.54. The van der Waals surface area contributed by atoms with E-state index in [2.05, 4.69) is 4.98 Å². The lowest BCUT2D eigenvalue weighted by Crippen LogP contribution is -2.65. The Hall–Kier alpha value is -3.45. The fourth-order valence-electron chi connectivity index (χ4n) is 6.39. The number of nitrogens with zero attached hydrogens (tertiary/aromatic N) is 3. The fraction of sp³-hybridized carbons (Fsp3) is 0.500. The number of fused-ring (bicyclic) bond motifs is 2. The van der Waals surface area contributed by atoms with Crippen LogP contribution >= 0.6 is 11.3 Å². The van der Waals surface area contributed by atoms with Crippen molar-refractivity contribution in [2.75, 3.05) is 31.8 Å². The number of carboxylic acid groups (broad SMARTS) is 1. The molecule has 11 nitrogen and oxygen atoms in total. The van der Waals surface area contributed by atoms with Crippen LogP contribution in [-0.2, 0) is 14.3 Å². The van der Waals surface area contributed by atoms with Gasteiger partial charge in [-0.25, -0.2) is 9.78 Å². The van der Waals surface area contributed by atoms with Gasteiger partial charge in [0.1, 0.15) is 28.7 Å². The lowest BCUT2D eigenvalue weighted by atomic mass is 9.98. The number of hydrogen-bond acceptors (Lipinski definition) is 10. The number of carbonyl (C=O) groups excluding carboxylic acids is 1. The van der Waals surface area contributed by atoms with E-state index in [1.165, 1.54) is 37.6 Å². The normalized spacial score (nSPS) is 24.5. The monoisotopic (exact) mass is 597 g/mol. The van der Waals surface area contributed by atoms with E-state index in [9.17, 15) is 19.8 Å². The number of amides is 1. The Morgan fingerprint density at radius 1 is 1.24 bits per heavy atom. The van der Waals surface area contributed by atoms with Gasteiger partial charge in [0.05, 0.1) is 36.4 Å². The summed E-state index contributed by atoms with van der Waals surface area (Å²) in [6, 6.07) is 7.58. The first-order valence-corrected chi connectivity index (χ1v) is 14.8. The molecule has 3 aromatic rings. The SMILES string of the molecule is COc1ccccc1[C@@H](CN1c2sc(-c3ncco3)c(C)c2C(=O)N(C(C)(C)C(=O)O)C1O)O[C@@H]1C[C@H]2COC[C@H]2C1. The van der Waals surface area contributed by atoms with E-state index in [4.69, 9.17) is 18.6 Å². The van der Waals surface area contributed by atoms with E-state index in [0.717, 1.165) is 36.5 Å². The third-order valence-electron chi connectivity index (χ3n) is 8.75. The highest BCUT2D eigenvalue weighted by atomic mass is 32.1. The van der Waals surface area contributed by atoms with Crippen LogP contribution in [0.15, 0.2) is 41.1 Å². The summed E-state index contributed by atoms with van der Waals surface area (Å²) in [5, 5.41) is 22.4. The van der Waals surface area contributed by atoms with E-state index < -0.39 is 29.9 Å². The van der Waals surface area contributed by atoms with E-state index in [-0.39, 0.29) is 12.6 Å². The smallest absolute Gasteiger partial charge is 0.329 e. The lowest BCUT2D eigenvalue weighted by molar-refractivity contribution is -0.154. The molecule has 1 aromatic carbocycles. The van der Waals surface area contributed by atoms with E-state index in [0.29, 0.717) is 44.5 Å². The van der Waals surface area contributed by atoms with E-state index in [1.807, 2.05) is 24.3 Å². The van der Waals surface area contributed by atoms with Crippen molar-refractivity contribution in [1.82, 2.24) is 9.88 Å². The van der Waals surface area contributed by atoms with Gasteiger partial charge in [0.25, 0.3) is 5.91 Å². The number of carboxylic acids is 1. The van der Waals surface area contributed by atoms with Crippen molar-refractivity contribution in [2.24, 2.45) is 11.8 Å². The number of methoxy groups -OCH3 is 1. The maximum atomic E-state index is 13.9. The number of aliphatic carboxylic acids is 1. The van der Waals surface area contributed by atoms with Crippen LogP contribution in [0.5, 0.6) is 5.75 Å². The number of ether oxygens (including phenoxy) is 3. The molecule has 3 aliphatic rings. The second-order valence-corrected chi connectivity index (χ2v) is 12.6. The Morgan fingerprint density at radius 2 is 1.95 bits per heavy atom. The zero-order chi connectivity index (χ0) is 29.8. The number of aromatic nitrogens is 1. The average molecular weight is 598 g/mol. The van der Waals surface area contributed by atoms with Crippen LogP contribution in [0.3, 0.4) is 0 Å². The average Bonchev–Trinajstić information content (AvgIpc) is 3.75. The number of anilines is 1. The summed E-state index contributed by atoms with van der Waals surface area (Å²) in [5.74, 6) is 0.0665. The van der Waals surface area contributed by atoms with Gasteiger partial charge in [0.15, 0.2) is 0 Å². The third kappa shape index (κ3) is 4.76. The Bertz CT molecular complexity index is 1460. The second-order valence-electron chi connectivity index (χ2n) is 11.6. The van der Waals surface area contributed by atoms with Gasteiger partial charge in [-0.3, -0.25) is 9.69 Å². The lowest BCUT2D eigenvalue weighted by Gasteiger charge is -2.47. The molecule has 2 aliphatic heterocycles. The van der Waals surface area contributed by atoms with Crippen molar-refractivity contribution in [2.45, 2.75) is 57.7 Å². The van der Waals surface area contributed by atoms with Crippen LogP contribution in [0.25, 0.3) is 10.8 Å². The van der Waals surface area contributed by atoms with E-state index in [1.54, 1.807) is 18.9 Å². The first kappa shape index (κ1) is 28.7. The van der Waals surface area contributed by atoms with Crippen molar-refractivity contribution in [3.8, 4) is 16.5 Å². The summed E-state index contributed by atoms with van der Waals surface area (Å²) >= 11 is 1.27. The van der Waals surface area contributed by atoms with Crippen LogP contribution in [0, 0.1) is 18.8 Å². The van der Waals surface area contributed by atoms with Gasteiger partial charge >= 0.3 is 5.97 Å². The van der Waals surface area contributed by atoms with Gasteiger partial charge in [-0.2, -0.15) is 0 Å². The van der Waals surface area contributed by atoms with Crippen LogP contribution in [0.4, 0.5) is 5.00 Å². The van der Waals surface area contributed by atoms with Crippen molar-refractivity contribution in [3.05, 3.63) is 53.4 Å². The number of aliphatic hydroxyl groups is 1. The first-order valence-electron chi connectivity index (χ1n) is 14.0. The third-order valence-corrected chi connectivity index (χ3v) is 10.1. The minimum absolute atomic E-state index is 0.0265. The maximum Gasteiger partial charge on any atom is 0.329 e. The number of para-hydroxylation sites is 1. The van der Waals surface area contributed by atoms with Gasteiger partial charge < -0.3 is 33.7 Å². The minimum Gasteiger partial charge on any atom is -0.496 e. The molecule has 0 radical (unpaired) electrons. The molecule has 224 valence electrons. The fourth-order valence-corrected chi connectivity index (χ4v) is 7.65. The number of rotatable bonds is 9. The second kappa shape index (κ2) is 11.0. The van der Waals surface area contributed by atoms with Gasteiger partial charge in [0.2, 0.25) is 12.2 Å². The number of hydrogen-bond donors (Lipinski definition) is 2. The predicted octanol–water partition coefficient (Wildman–Crippen LogP) is 4.30. The summed E-state index contributed by atoms with van der Waals surface area (Å²) in [6.45, 7) is 6.19. The molecule has 1 aliphatic carbocycles. The van der Waals surface area contributed by atoms with Crippen LogP contribution in [0.2, 0.25) is 0 Å².